The van der Waals surface area contributed by atoms with Gasteiger partial charge in [0.15, 0.2) is 11.7 Å². The fourth-order valence-electron chi connectivity index (χ4n) is 4.38. The highest BCUT2D eigenvalue weighted by Crippen LogP contribution is 2.46. The van der Waals surface area contributed by atoms with Gasteiger partial charge in [-0.15, -0.1) is 5.10 Å². The number of sulfonamides is 1. The van der Waals surface area contributed by atoms with E-state index in [2.05, 4.69) is 19.9 Å². The topological polar surface area (TPSA) is 90.8 Å². The molecule has 1 saturated carbocycles. The lowest BCUT2D eigenvalue weighted by Crippen LogP contribution is -2.58. The molecule has 0 radical (unpaired) electrons. The highest BCUT2D eigenvalue weighted by molar-refractivity contribution is 7.89. The predicted octanol–water partition coefficient (Wildman–Crippen LogP) is 4.36. The van der Waals surface area contributed by atoms with Gasteiger partial charge in [-0.05, 0) is 44.0 Å². The molecule has 1 aromatic heterocycles. The molecule has 0 bridgehead atoms. The first-order valence-electron chi connectivity index (χ1n) is 11.4. The van der Waals surface area contributed by atoms with Gasteiger partial charge in [-0.3, -0.25) is 0 Å². The van der Waals surface area contributed by atoms with Crippen LogP contribution in [0.4, 0.5) is 14.7 Å². The van der Waals surface area contributed by atoms with Gasteiger partial charge in [-0.2, -0.15) is 13.2 Å². The summed E-state index contributed by atoms with van der Waals surface area (Å²) in [4.78, 5) is 14.3. The van der Waals surface area contributed by atoms with Crippen molar-refractivity contribution < 1.29 is 17.2 Å². The van der Waals surface area contributed by atoms with Crippen LogP contribution in [0.2, 0.25) is 10.0 Å². The predicted molar refractivity (Wildman–Crippen MR) is 137 cm³/mol. The Labute approximate surface area is 223 Å². The molecule has 2 fully saturated rings. The maximum absolute atomic E-state index is 14.5. The molecule has 8 nitrogen and oxygen atoms in total. The van der Waals surface area contributed by atoms with Gasteiger partial charge in [0.05, 0.1) is 38.4 Å². The Bertz CT molecular complexity index is 1470. The summed E-state index contributed by atoms with van der Waals surface area (Å²) in [5, 5.41) is 4.13. The maximum atomic E-state index is 14.5. The van der Waals surface area contributed by atoms with Gasteiger partial charge < -0.3 is 9.80 Å². The van der Waals surface area contributed by atoms with Gasteiger partial charge in [0.1, 0.15) is 5.82 Å². The second-order valence-electron chi connectivity index (χ2n) is 9.06. The zero-order valence-corrected chi connectivity index (χ0v) is 22.0. The highest BCUT2D eigenvalue weighted by atomic mass is 35.5. The molecule has 0 unspecified atom stereocenters. The van der Waals surface area contributed by atoms with Crippen molar-refractivity contribution in [1.29, 1.82) is 0 Å². The molecular formula is C24H22Cl2F2N6O2S. The number of piperazine rings is 1. The van der Waals surface area contributed by atoms with E-state index in [1.54, 1.807) is 12.1 Å². The third-order valence-electron chi connectivity index (χ3n) is 6.49. The van der Waals surface area contributed by atoms with Crippen LogP contribution in [-0.2, 0) is 10.0 Å². The van der Waals surface area contributed by atoms with Gasteiger partial charge in [-0.25, -0.2) is 18.7 Å². The second kappa shape index (κ2) is 9.70. The monoisotopic (exact) mass is 566 g/mol. The van der Waals surface area contributed by atoms with Crippen LogP contribution in [0.15, 0.2) is 58.8 Å². The molecule has 3 aromatic rings. The minimum atomic E-state index is -4.04. The highest BCUT2D eigenvalue weighted by Gasteiger charge is 2.53. The van der Waals surface area contributed by atoms with Crippen LogP contribution in [0.3, 0.4) is 0 Å². The molecule has 5 rings (SSSR count). The molecule has 1 N–H and O–H groups in total. The SMILES string of the molecule is Cc1ccc(S(=O)(=O)N/N=C(\c2c(Cl)ccc(F)c2Cl)N2CCN(c3ncc(F)cn3)CC23CC3)cc1. The van der Waals surface area contributed by atoms with Crippen molar-refractivity contribution in [2.75, 3.05) is 24.5 Å². The Morgan fingerprint density at radius 2 is 1.73 bits per heavy atom. The number of amidine groups is 1. The van der Waals surface area contributed by atoms with Gasteiger partial charge in [-0.1, -0.05) is 40.9 Å². The normalized spacial score (nSPS) is 17.3. The summed E-state index contributed by atoms with van der Waals surface area (Å²) in [5.41, 5.74) is 0.524. The molecule has 37 heavy (non-hydrogen) atoms. The smallest absolute Gasteiger partial charge is 0.276 e. The van der Waals surface area contributed by atoms with Crippen molar-refractivity contribution in [3.05, 3.63) is 81.6 Å². The van der Waals surface area contributed by atoms with Crippen molar-refractivity contribution in [3.8, 4) is 0 Å². The fraction of sp³-hybridized carbons (Fsp3) is 0.292. The minimum Gasteiger partial charge on any atom is -0.345 e. The number of anilines is 1. The number of hydrogen-bond donors (Lipinski definition) is 1. The van der Waals surface area contributed by atoms with E-state index in [4.69, 9.17) is 23.2 Å². The molecule has 1 aliphatic heterocycles. The number of aromatic nitrogens is 2. The van der Waals surface area contributed by atoms with Crippen molar-refractivity contribution in [2.24, 2.45) is 5.10 Å². The number of aryl methyl sites for hydroxylation is 1. The zero-order valence-electron chi connectivity index (χ0n) is 19.6. The van der Waals surface area contributed by atoms with Crippen LogP contribution in [-0.4, -0.2) is 54.3 Å². The number of hydrazone groups is 1. The van der Waals surface area contributed by atoms with Gasteiger partial charge in [0.25, 0.3) is 10.0 Å². The van der Waals surface area contributed by atoms with Crippen molar-refractivity contribution in [2.45, 2.75) is 30.2 Å². The molecule has 2 heterocycles. The van der Waals surface area contributed by atoms with E-state index in [1.807, 2.05) is 16.7 Å². The number of halogens is 4. The van der Waals surface area contributed by atoms with Crippen LogP contribution in [0.1, 0.15) is 24.0 Å². The first-order valence-corrected chi connectivity index (χ1v) is 13.6. The van der Waals surface area contributed by atoms with Gasteiger partial charge >= 0.3 is 0 Å². The summed E-state index contributed by atoms with van der Waals surface area (Å²) in [6.07, 6.45) is 3.71. The summed E-state index contributed by atoms with van der Waals surface area (Å²) in [6, 6.07) is 8.78. The van der Waals surface area contributed by atoms with Gasteiger partial charge in [0, 0.05) is 19.6 Å². The van der Waals surface area contributed by atoms with E-state index in [9.17, 15) is 17.2 Å². The summed E-state index contributed by atoms with van der Waals surface area (Å²) in [6.45, 7) is 3.09. The van der Waals surface area contributed by atoms with E-state index in [1.165, 1.54) is 18.2 Å². The fourth-order valence-corrected chi connectivity index (χ4v) is 5.72. The Kier molecular flexibility index (Phi) is 6.71. The summed E-state index contributed by atoms with van der Waals surface area (Å²) in [5.74, 6) is -0.748. The lowest BCUT2D eigenvalue weighted by molar-refractivity contribution is 0.258. The summed E-state index contributed by atoms with van der Waals surface area (Å²) < 4.78 is 53.9. The minimum absolute atomic E-state index is 0.0250. The van der Waals surface area contributed by atoms with Crippen LogP contribution in [0.5, 0.6) is 0 Å². The Balaban J connectivity index is 1.52. The molecular weight excluding hydrogens is 545 g/mol. The molecule has 1 aliphatic carbocycles. The molecule has 1 spiro atoms. The van der Waals surface area contributed by atoms with Crippen LogP contribution < -0.4 is 9.73 Å². The molecule has 0 amide bonds. The third kappa shape index (κ3) is 5.07. The lowest BCUT2D eigenvalue weighted by Gasteiger charge is -2.44. The third-order valence-corrected chi connectivity index (χ3v) is 8.40. The quantitative estimate of drug-likeness (QED) is 0.213. The second-order valence-corrected chi connectivity index (χ2v) is 11.5. The molecule has 194 valence electrons. The van der Waals surface area contributed by atoms with E-state index >= 15 is 0 Å². The number of nitrogens with zero attached hydrogens (tertiary/aromatic N) is 5. The van der Waals surface area contributed by atoms with Crippen molar-refractivity contribution in [1.82, 2.24) is 19.7 Å². The zero-order chi connectivity index (χ0) is 26.4. The summed E-state index contributed by atoms with van der Waals surface area (Å²) in [7, 11) is -4.04. The first kappa shape index (κ1) is 25.6. The standard InChI is InChI=1S/C24H22Cl2F2N6O2S/c1-15-2-4-17(5-3-15)37(35,36)32-31-22(20-18(25)6-7-19(28)21(20)26)34-11-10-33(14-24(34)8-9-24)23-29-12-16(27)13-30-23/h2-7,12-13,32H,8-11,14H2,1H3/b31-22+. The van der Waals surface area contributed by atoms with Crippen LogP contribution >= 0.6 is 23.2 Å². The molecule has 13 heteroatoms. The van der Waals surface area contributed by atoms with Crippen LogP contribution in [0, 0.1) is 18.6 Å². The first-order chi connectivity index (χ1) is 17.6. The Morgan fingerprint density at radius 3 is 2.38 bits per heavy atom. The van der Waals surface area contributed by atoms with Crippen LogP contribution in [0.25, 0.3) is 0 Å². The summed E-state index contributed by atoms with van der Waals surface area (Å²) >= 11 is 12.8. The van der Waals surface area contributed by atoms with E-state index in [-0.39, 0.29) is 26.3 Å². The number of rotatable bonds is 5. The average molecular weight is 567 g/mol. The molecule has 2 aromatic carbocycles. The van der Waals surface area contributed by atoms with Gasteiger partial charge in [0.2, 0.25) is 5.95 Å². The number of hydrogen-bond acceptors (Lipinski definition) is 6. The van der Waals surface area contributed by atoms with Crippen molar-refractivity contribution >= 4 is 45.0 Å². The largest absolute Gasteiger partial charge is 0.345 e. The van der Waals surface area contributed by atoms with E-state index < -0.39 is 27.2 Å². The number of benzene rings is 2. The molecule has 2 aliphatic rings. The molecule has 1 saturated heterocycles. The van der Waals surface area contributed by atoms with Crippen molar-refractivity contribution in [3.63, 3.8) is 0 Å². The maximum Gasteiger partial charge on any atom is 0.276 e. The average Bonchev–Trinajstić information content (AvgIpc) is 3.64. The Morgan fingerprint density at radius 1 is 1.05 bits per heavy atom. The number of nitrogens with one attached hydrogen (secondary N) is 1. The molecule has 0 atom stereocenters. The van der Waals surface area contributed by atoms with E-state index in [0.717, 1.165) is 36.9 Å². The lowest BCUT2D eigenvalue weighted by atomic mass is 10.1. The Hall–Kier alpha value is -3.02. The van der Waals surface area contributed by atoms with E-state index in [0.29, 0.717) is 25.6 Å².